The van der Waals surface area contributed by atoms with Gasteiger partial charge in [-0.3, -0.25) is 10.1 Å². The molecular weight excluding hydrogens is 254 g/mol. The van der Waals surface area contributed by atoms with Gasteiger partial charge >= 0.3 is 0 Å². The van der Waals surface area contributed by atoms with Gasteiger partial charge in [-0.1, -0.05) is 12.8 Å². The smallest absolute Gasteiger partial charge is 0.270 e. The third-order valence-electron chi connectivity index (χ3n) is 4.63. The number of benzene rings is 1. The van der Waals surface area contributed by atoms with Crippen molar-refractivity contribution in [1.82, 2.24) is 0 Å². The summed E-state index contributed by atoms with van der Waals surface area (Å²) in [7, 11) is 0. The van der Waals surface area contributed by atoms with Crippen LogP contribution in [0.5, 0.6) is 0 Å². The van der Waals surface area contributed by atoms with Crippen molar-refractivity contribution in [2.45, 2.75) is 38.1 Å². The molecule has 104 valence electrons. The van der Waals surface area contributed by atoms with E-state index in [1.54, 1.807) is 6.07 Å². The number of nitro groups is 1. The Labute approximate surface area is 118 Å². The first kappa shape index (κ1) is 12.9. The summed E-state index contributed by atoms with van der Waals surface area (Å²) in [6.07, 6.45) is 6.17. The van der Waals surface area contributed by atoms with Crippen LogP contribution in [0.2, 0.25) is 0 Å². The molecule has 0 bridgehead atoms. The molecule has 1 aliphatic heterocycles. The van der Waals surface area contributed by atoms with E-state index in [1.807, 2.05) is 0 Å². The molecule has 0 aromatic heterocycles. The average Bonchev–Trinajstić information content (AvgIpc) is 2.90. The molecular formula is C15H17N3O2. The van der Waals surface area contributed by atoms with E-state index < -0.39 is 4.92 Å². The first-order valence-electron chi connectivity index (χ1n) is 7.16. The number of hydrogen-bond donors (Lipinski definition) is 0. The zero-order valence-electron chi connectivity index (χ0n) is 11.3. The molecule has 2 fully saturated rings. The topological polar surface area (TPSA) is 70.2 Å². The van der Waals surface area contributed by atoms with Crippen molar-refractivity contribution in [2.75, 3.05) is 11.4 Å². The molecule has 1 aromatic carbocycles. The zero-order valence-corrected chi connectivity index (χ0v) is 11.3. The summed E-state index contributed by atoms with van der Waals surface area (Å²) in [5.74, 6) is 0.727. The van der Waals surface area contributed by atoms with E-state index in [0.29, 0.717) is 11.6 Å². The molecule has 20 heavy (non-hydrogen) atoms. The van der Waals surface area contributed by atoms with Crippen molar-refractivity contribution in [1.29, 1.82) is 5.26 Å². The van der Waals surface area contributed by atoms with E-state index in [-0.39, 0.29) is 5.69 Å². The number of non-ortho nitro benzene ring substituents is 1. The Hall–Kier alpha value is -2.09. The minimum Gasteiger partial charge on any atom is -0.367 e. The van der Waals surface area contributed by atoms with E-state index in [1.165, 1.54) is 44.2 Å². The molecule has 2 atom stereocenters. The number of hydrogen-bond acceptors (Lipinski definition) is 4. The average molecular weight is 271 g/mol. The Morgan fingerprint density at radius 1 is 1.30 bits per heavy atom. The maximum atomic E-state index is 10.8. The van der Waals surface area contributed by atoms with Crippen LogP contribution in [-0.4, -0.2) is 17.5 Å². The number of fused-ring (bicyclic) bond motifs is 1. The van der Waals surface area contributed by atoms with E-state index in [4.69, 9.17) is 0 Å². The van der Waals surface area contributed by atoms with Crippen LogP contribution in [0.15, 0.2) is 18.2 Å². The molecule has 1 aliphatic carbocycles. The van der Waals surface area contributed by atoms with Crippen molar-refractivity contribution < 1.29 is 4.92 Å². The Kier molecular flexibility index (Phi) is 3.31. The maximum absolute atomic E-state index is 10.8. The molecule has 5 nitrogen and oxygen atoms in total. The SMILES string of the molecule is N#Cc1cc([N+](=O)[O-])ccc1N1CCC2CCCCC21. The van der Waals surface area contributed by atoms with Gasteiger partial charge < -0.3 is 4.90 Å². The van der Waals surface area contributed by atoms with E-state index in [0.717, 1.165) is 18.2 Å². The van der Waals surface area contributed by atoms with E-state index in [2.05, 4.69) is 11.0 Å². The van der Waals surface area contributed by atoms with Crippen LogP contribution in [0.4, 0.5) is 11.4 Å². The maximum Gasteiger partial charge on any atom is 0.270 e. The Balaban J connectivity index is 1.94. The lowest BCUT2D eigenvalue weighted by Gasteiger charge is -2.33. The van der Waals surface area contributed by atoms with Gasteiger partial charge in [-0.15, -0.1) is 0 Å². The Bertz CT molecular complexity index is 579. The first-order valence-corrected chi connectivity index (χ1v) is 7.16. The van der Waals surface area contributed by atoms with Gasteiger partial charge in [0.25, 0.3) is 5.69 Å². The fourth-order valence-electron chi connectivity index (χ4n) is 3.68. The largest absolute Gasteiger partial charge is 0.367 e. The highest BCUT2D eigenvalue weighted by atomic mass is 16.6. The van der Waals surface area contributed by atoms with Crippen LogP contribution in [0.25, 0.3) is 0 Å². The van der Waals surface area contributed by atoms with Gasteiger partial charge in [0, 0.05) is 24.7 Å². The molecule has 0 amide bonds. The van der Waals surface area contributed by atoms with Crippen LogP contribution >= 0.6 is 0 Å². The monoisotopic (exact) mass is 271 g/mol. The molecule has 1 heterocycles. The minimum absolute atomic E-state index is 0.00955. The van der Waals surface area contributed by atoms with Gasteiger partial charge in [0.1, 0.15) is 6.07 Å². The van der Waals surface area contributed by atoms with Gasteiger partial charge in [-0.05, 0) is 31.2 Å². The molecule has 3 rings (SSSR count). The van der Waals surface area contributed by atoms with Crippen molar-refractivity contribution in [3.63, 3.8) is 0 Å². The predicted molar refractivity (Wildman–Crippen MR) is 75.5 cm³/mol. The number of nitro benzene ring substituents is 1. The molecule has 2 aliphatic rings. The molecule has 2 unspecified atom stereocenters. The molecule has 1 saturated carbocycles. The number of nitrogens with zero attached hydrogens (tertiary/aromatic N) is 3. The predicted octanol–water partition coefficient (Wildman–Crippen LogP) is 3.24. The van der Waals surface area contributed by atoms with Crippen molar-refractivity contribution in [2.24, 2.45) is 5.92 Å². The Morgan fingerprint density at radius 2 is 2.10 bits per heavy atom. The zero-order chi connectivity index (χ0) is 14.1. The summed E-state index contributed by atoms with van der Waals surface area (Å²) in [6.45, 7) is 0.960. The summed E-state index contributed by atoms with van der Waals surface area (Å²) < 4.78 is 0. The van der Waals surface area contributed by atoms with Gasteiger partial charge in [0.05, 0.1) is 16.2 Å². The summed E-state index contributed by atoms with van der Waals surface area (Å²) in [5.41, 5.74) is 1.28. The van der Waals surface area contributed by atoms with Crippen LogP contribution in [0.1, 0.15) is 37.7 Å². The second-order valence-corrected chi connectivity index (χ2v) is 5.66. The normalized spacial score (nSPS) is 25.1. The first-order chi connectivity index (χ1) is 9.70. The van der Waals surface area contributed by atoms with Crippen LogP contribution in [0, 0.1) is 27.4 Å². The molecule has 0 N–H and O–H groups in total. The highest BCUT2D eigenvalue weighted by molar-refractivity contribution is 5.64. The standard InChI is InChI=1S/C15H17N3O2/c16-10-12-9-13(18(19)20)5-6-15(12)17-8-7-11-3-1-2-4-14(11)17/h5-6,9,11,14H,1-4,7-8H2. The second kappa shape index (κ2) is 5.12. The summed E-state index contributed by atoms with van der Waals surface area (Å²) >= 11 is 0. The lowest BCUT2D eigenvalue weighted by molar-refractivity contribution is -0.384. The van der Waals surface area contributed by atoms with Gasteiger partial charge in [-0.2, -0.15) is 5.26 Å². The third-order valence-corrected chi connectivity index (χ3v) is 4.63. The highest BCUT2D eigenvalue weighted by Crippen LogP contribution is 2.40. The molecule has 1 aromatic rings. The number of anilines is 1. The van der Waals surface area contributed by atoms with Gasteiger partial charge in [-0.25, -0.2) is 0 Å². The molecule has 5 heteroatoms. The quantitative estimate of drug-likeness (QED) is 0.611. The van der Waals surface area contributed by atoms with Crippen LogP contribution in [0.3, 0.4) is 0 Å². The number of rotatable bonds is 2. The molecule has 0 spiro atoms. The van der Waals surface area contributed by atoms with Crippen LogP contribution in [-0.2, 0) is 0 Å². The molecule has 1 saturated heterocycles. The van der Waals surface area contributed by atoms with Crippen molar-refractivity contribution in [3.05, 3.63) is 33.9 Å². The van der Waals surface area contributed by atoms with Crippen LogP contribution < -0.4 is 4.90 Å². The van der Waals surface area contributed by atoms with E-state index in [9.17, 15) is 15.4 Å². The fourth-order valence-corrected chi connectivity index (χ4v) is 3.68. The third kappa shape index (κ3) is 2.11. The van der Waals surface area contributed by atoms with E-state index >= 15 is 0 Å². The highest BCUT2D eigenvalue weighted by Gasteiger charge is 2.36. The minimum atomic E-state index is -0.446. The molecule has 0 radical (unpaired) electrons. The second-order valence-electron chi connectivity index (χ2n) is 5.66. The fraction of sp³-hybridized carbons (Fsp3) is 0.533. The summed E-state index contributed by atoms with van der Waals surface area (Å²) in [6, 6.07) is 7.27. The van der Waals surface area contributed by atoms with Gasteiger partial charge in [0.2, 0.25) is 0 Å². The lowest BCUT2D eigenvalue weighted by Crippen LogP contribution is -2.35. The van der Waals surface area contributed by atoms with Gasteiger partial charge in [0.15, 0.2) is 0 Å². The van der Waals surface area contributed by atoms with Crippen molar-refractivity contribution in [3.8, 4) is 6.07 Å². The van der Waals surface area contributed by atoms with Crippen molar-refractivity contribution >= 4 is 11.4 Å². The number of nitriles is 1. The summed E-state index contributed by atoms with van der Waals surface area (Å²) in [4.78, 5) is 12.7. The summed E-state index contributed by atoms with van der Waals surface area (Å²) in [5, 5.41) is 20.1. The Morgan fingerprint density at radius 3 is 2.85 bits per heavy atom. The lowest BCUT2D eigenvalue weighted by atomic mass is 9.85.